The summed E-state index contributed by atoms with van der Waals surface area (Å²) in [4.78, 5) is 59.1. The molecule has 10 heteroatoms. The van der Waals surface area contributed by atoms with Crippen LogP contribution in [-0.2, 0) is 25.7 Å². The van der Waals surface area contributed by atoms with Gasteiger partial charge in [0.2, 0.25) is 5.91 Å². The van der Waals surface area contributed by atoms with Crippen molar-refractivity contribution in [1.29, 1.82) is 0 Å². The number of halogens is 1. The SMILES string of the molecule is Cc1ccc(CN(C(=O)CN2C(=O)C(=O)c3ccccc32)C(C(=O)Nc2ccc(N3CCOCC3)cc2)c2ccc(Cl)cc2)cc1. The molecule has 46 heavy (non-hydrogen) atoms. The molecule has 0 aromatic heterocycles. The molecule has 0 saturated carbocycles. The van der Waals surface area contributed by atoms with Gasteiger partial charge >= 0.3 is 0 Å². The third kappa shape index (κ3) is 6.66. The molecule has 0 spiro atoms. The molecular formula is C36H33ClN4O5. The van der Waals surface area contributed by atoms with Crippen LogP contribution in [0, 0.1) is 6.92 Å². The number of nitrogens with zero attached hydrogens (tertiary/aromatic N) is 3. The second kappa shape index (κ2) is 13.6. The van der Waals surface area contributed by atoms with Crippen molar-refractivity contribution in [2.45, 2.75) is 19.5 Å². The maximum Gasteiger partial charge on any atom is 0.299 e. The van der Waals surface area contributed by atoms with Crippen molar-refractivity contribution in [3.05, 3.63) is 124 Å². The maximum atomic E-state index is 14.3. The lowest BCUT2D eigenvalue weighted by atomic mass is 10.0. The fourth-order valence-corrected chi connectivity index (χ4v) is 5.88. The number of hydrogen-bond donors (Lipinski definition) is 1. The fraction of sp³-hybridized carbons (Fsp3) is 0.222. The summed E-state index contributed by atoms with van der Waals surface area (Å²) in [6.07, 6.45) is 0. The Morgan fingerprint density at radius 2 is 1.57 bits per heavy atom. The number of ether oxygens (including phenoxy) is 1. The largest absolute Gasteiger partial charge is 0.378 e. The van der Waals surface area contributed by atoms with Crippen molar-refractivity contribution in [2.75, 3.05) is 48.0 Å². The summed E-state index contributed by atoms with van der Waals surface area (Å²) in [6.45, 7) is 4.52. The zero-order chi connectivity index (χ0) is 32.2. The highest BCUT2D eigenvalue weighted by molar-refractivity contribution is 6.52. The lowest BCUT2D eigenvalue weighted by Crippen LogP contribution is -2.46. The lowest BCUT2D eigenvalue weighted by Gasteiger charge is -2.33. The van der Waals surface area contributed by atoms with E-state index in [1.165, 1.54) is 9.80 Å². The van der Waals surface area contributed by atoms with E-state index in [1.807, 2.05) is 55.5 Å². The van der Waals surface area contributed by atoms with Gasteiger partial charge in [-0.15, -0.1) is 0 Å². The summed E-state index contributed by atoms with van der Waals surface area (Å²) in [5, 5.41) is 3.48. The van der Waals surface area contributed by atoms with Crippen LogP contribution in [-0.4, -0.2) is 61.3 Å². The zero-order valence-electron chi connectivity index (χ0n) is 25.3. The molecule has 234 valence electrons. The van der Waals surface area contributed by atoms with Gasteiger partial charge in [-0.25, -0.2) is 0 Å². The smallest absolute Gasteiger partial charge is 0.299 e. The molecule has 0 aliphatic carbocycles. The number of amides is 3. The topological polar surface area (TPSA) is 99.3 Å². The van der Waals surface area contributed by atoms with Crippen molar-refractivity contribution < 1.29 is 23.9 Å². The first-order valence-electron chi connectivity index (χ1n) is 15.1. The Hall–Kier alpha value is -4.99. The molecule has 9 nitrogen and oxygen atoms in total. The highest BCUT2D eigenvalue weighted by atomic mass is 35.5. The molecule has 1 fully saturated rings. The van der Waals surface area contributed by atoms with Crippen molar-refractivity contribution in [1.82, 2.24) is 4.90 Å². The summed E-state index contributed by atoms with van der Waals surface area (Å²) in [6, 6.07) is 27.5. The van der Waals surface area contributed by atoms with Gasteiger partial charge in [0.05, 0.1) is 24.5 Å². The van der Waals surface area contributed by atoms with Crippen LogP contribution in [0.25, 0.3) is 0 Å². The van der Waals surface area contributed by atoms with E-state index in [1.54, 1.807) is 48.5 Å². The van der Waals surface area contributed by atoms with Crippen molar-refractivity contribution in [2.24, 2.45) is 0 Å². The number of carbonyl (C=O) groups excluding carboxylic acids is 4. The molecule has 0 bridgehead atoms. The quantitative estimate of drug-likeness (QED) is 0.246. The lowest BCUT2D eigenvalue weighted by molar-refractivity contribution is -0.139. The van der Waals surface area contributed by atoms with Crippen LogP contribution in [0.2, 0.25) is 5.02 Å². The average molecular weight is 637 g/mol. The first kappa shape index (κ1) is 31.0. The fourth-order valence-electron chi connectivity index (χ4n) is 5.75. The predicted molar refractivity (Wildman–Crippen MR) is 177 cm³/mol. The molecule has 1 atom stereocenters. The summed E-state index contributed by atoms with van der Waals surface area (Å²) in [5.41, 5.74) is 4.59. The summed E-state index contributed by atoms with van der Waals surface area (Å²) in [7, 11) is 0. The van der Waals surface area contributed by atoms with Gasteiger partial charge < -0.3 is 19.9 Å². The molecular weight excluding hydrogens is 604 g/mol. The van der Waals surface area contributed by atoms with Crippen LogP contribution in [0.4, 0.5) is 17.1 Å². The van der Waals surface area contributed by atoms with Gasteiger partial charge in [-0.05, 0) is 66.6 Å². The first-order valence-corrected chi connectivity index (χ1v) is 15.5. The Kier molecular flexibility index (Phi) is 9.14. The van der Waals surface area contributed by atoms with Gasteiger partial charge in [0.15, 0.2) is 0 Å². The second-order valence-electron chi connectivity index (χ2n) is 11.3. The van der Waals surface area contributed by atoms with E-state index < -0.39 is 36.1 Å². The van der Waals surface area contributed by atoms with Gasteiger partial charge in [-0.3, -0.25) is 24.1 Å². The van der Waals surface area contributed by atoms with Gasteiger partial charge in [0.1, 0.15) is 12.6 Å². The standard InChI is InChI=1S/C36H33ClN4O5/c1-24-6-8-25(9-7-24)22-41(32(42)23-40-31-5-3-2-4-30(31)34(43)36(40)45)33(26-10-12-27(37)13-11-26)35(44)38-28-14-16-29(17-15-28)39-18-20-46-21-19-39/h2-17,33H,18-23H2,1H3,(H,38,44). The van der Waals surface area contributed by atoms with Gasteiger partial charge in [0, 0.05) is 36.0 Å². The molecule has 1 saturated heterocycles. The van der Waals surface area contributed by atoms with Crippen LogP contribution in [0.1, 0.15) is 33.1 Å². The molecule has 2 aliphatic rings. The van der Waals surface area contributed by atoms with Crippen LogP contribution in [0.15, 0.2) is 97.1 Å². The number of Topliss-reactive ketones (excluding diaryl/α,β-unsaturated/α-hetero) is 1. The number of benzene rings is 4. The number of carbonyl (C=O) groups is 4. The van der Waals surface area contributed by atoms with E-state index in [2.05, 4.69) is 10.2 Å². The molecule has 6 rings (SSSR count). The van der Waals surface area contributed by atoms with E-state index in [-0.39, 0.29) is 12.1 Å². The molecule has 1 unspecified atom stereocenters. The van der Waals surface area contributed by atoms with Crippen LogP contribution in [0.3, 0.4) is 0 Å². The van der Waals surface area contributed by atoms with Crippen molar-refractivity contribution in [3.63, 3.8) is 0 Å². The van der Waals surface area contributed by atoms with Crippen molar-refractivity contribution in [3.8, 4) is 0 Å². The van der Waals surface area contributed by atoms with Crippen molar-refractivity contribution >= 4 is 52.2 Å². The highest BCUT2D eigenvalue weighted by Gasteiger charge is 2.39. The maximum absolute atomic E-state index is 14.3. The van der Waals surface area contributed by atoms with E-state index >= 15 is 0 Å². The predicted octanol–water partition coefficient (Wildman–Crippen LogP) is 5.42. The molecule has 2 aliphatic heterocycles. The molecule has 0 radical (unpaired) electrons. The first-order chi connectivity index (χ1) is 22.3. The molecule has 4 aromatic carbocycles. The third-order valence-corrected chi connectivity index (χ3v) is 8.47. The molecule has 2 heterocycles. The number of nitrogens with one attached hydrogen (secondary N) is 1. The Morgan fingerprint density at radius 1 is 0.891 bits per heavy atom. The van der Waals surface area contributed by atoms with Gasteiger partial charge in [-0.2, -0.15) is 0 Å². The number of rotatable bonds is 9. The minimum Gasteiger partial charge on any atom is -0.378 e. The van der Waals surface area contributed by atoms with E-state index in [4.69, 9.17) is 16.3 Å². The summed E-state index contributed by atoms with van der Waals surface area (Å²) in [5.74, 6) is -2.39. The summed E-state index contributed by atoms with van der Waals surface area (Å²) >= 11 is 6.21. The van der Waals surface area contributed by atoms with E-state index in [0.717, 1.165) is 29.9 Å². The monoisotopic (exact) mass is 636 g/mol. The second-order valence-corrected chi connectivity index (χ2v) is 11.8. The minimum atomic E-state index is -1.09. The molecule has 1 N–H and O–H groups in total. The van der Waals surface area contributed by atoms with Crippen LogP contribution in [0.5, 0.6) is 0 Å². The van der Waals surface area contributed by atoms with E-state index in [9.17, 15) is 19.2 Å². The number of para-hydroxylation sites is 1. The number of morpholine rings is 1. The van der Waals surface area contributed by atoms with Gasteiger partial charge in [-0.1, -0.05) is 65.7 Å². The van der Waals surface area contributed by atoms with Crippen LogP contribution < -0.4 is 15.1 Å². The number of anilines is 3. The minimum absolute atomic E-state index is 0.0768. The highest BCUT2D eigenvalue weighted by Crippen LogP contribution is 2.31. The normalized spacial score (nSPS) is 15.0. The number of aryl methyl sites for hydroxylation is 1. The zero-order valence-corrected chi connectivity index (χ0v) is 26.1. The van der Waals surface area contributed by atoms with Crippen LogP contribution >= 0.6 is 11.6 Å². The third-order valence-electron chi connectivity index (χ3n) is 8.22. The molecule has 4 aromatic rings. The number of ketones is 1. The average Bonchev–Trinajstić information content (AvgIpc) is 3.31. The van der Waals surface area contributed by atoms with E-state index in [0.29, 0.717) is 35.2 Å². The van der Waals surface area contributed by atoms with Gasteiger partial charge in [0.25, 0.3) is 17.6 Å². The number of fused-ring (bicyclic) bond motifs is 1. The molecule has 3 amide bonds. The number of hydrogen-bond acceptors (Lipinski definition) is 6. The Bertz CT molecular complexity index is 1750. The Balaban J connectivity index is 1.33. The Morgan fingerprint density at radius 3 is 2.26 bits per heavy atom. The Labute approximate surface area is 272 Å². The summed E-state index contributed by atoms with van der Waals surface area (Å²) < 4.78 is 5.46.